The highest BCUT2D eigenvalue weighted by Crippen LogP contribution is 2.27. The van der Waals surface area contributed by atoms with E-state index in [9.17, 15) is 9.59 Å². The van der Waals surface area contributed by atoms with Crippen LogP contribution >= 0.6 is 22.9 Å². The lowest BCUT2D eigenvalue weighted by molar-refractivity contribution is -0.115. The van der Waals surface area contributed by atoms with Crippen LogP contribution in [-0.4, -0.2) is 31.5 Å². The molecule has 9 heteroatoms. The Morgan fingerprint density at radius 2 is 2.27 bits per heavy atom. The number of carbonyl (C=O) groups is 1. The molecule has 3 aromatic rings. The van der Waals surface area contributed by atoms with Crippen LogP contribution < -0.4 is 10.9 Å². The Bertz CT molecular complexity index is 978. The molecule has 3 rings (SSSR count). The molecule has 1 amide bonds. The average molecular weight is 392 g/mol. The molecule has 0 fully saturated rings. The number of aromatic nitrogens is 4. The van der Waals surface area contributed by atoms with Crippen molar-refractivity contribution in [2.45, 2.75) is 26.7 Å². The Balaban J connectivity index is 2.10. The first-order valence-corrected chi connectivity index (χ1v) is 9.54. The van der Waals surface area contributed by atoms with E-state index in [2.05, 4.69) is 20.4 Å². The fourth-order valence-electron chi connectivity index (χ4n) is 2.58. The van der Waals surface area contributed by atoms with E-state index in [1.165, 1.54) is 16.0 Å². The van der Waals surface area contributed by atoms with Gasteiger partial charge >= 0.3 is 0 Å². The SMILES string of the molecule is CCc1c(C)nc(-n2nc(-c3cccs3)cc2NC(=O)CCCl)[nH]c1=O. The standard InChI is InChI=1S/C17H18ClN5O2S/c1-3-11-10(2)19-17(21-16(11)25)23-14(20-15(24)6-7-18)9-12(22-23)13-5-4-8-26-13/h4-5,8-9H,3,6-7H2,1-2H3,(H,20,24)(H,19,21,25). The fraction of sp³-hybridized carbons (Fsp3) is 0.294. The molecule has 0 spiro atoms. The van der Waals surface area contributed by atoms with Crippen LogP contribution in [0.25, 0.3) is 16.5 Å². The van der Waals surface area contributed by atoms with Crippen molar-refractivity contribution < 1.29 is 4.79 Å². The Kier molecular flexibility index (Phi) is 5.53. The highest BCUT2D eigenvalue weighted by atomic mass is 35.5. The van der Waals surface area contributed by atoms with Crippen LogP contribution in [0.1, 0.15) is 24.6 Å². The monoisotopic (exact) mass is 391 g/mol. The van der Waals surface area contributed by atoms with Gasteiger partial charge in [0.25, 0.3) is 5.56 Å². The van der Waals surface area contributed by atoms with Crippen LogP contribution in [-0.2, 0) is 11.2 Å². The van der Waals surface area contributed by atoms with Gasteiger partial charge in [0.2, 0.25) is 11.9 Å². The number of hydrogen-bond donors (Lipinski definition) is 2. The predicted molar refractivity (Wildman–Crippen MR) is 103 cm³/mol. The number of hydrogen-bond acceptors (Lipinski definition) is 5. The zero-order valence-corrected chi connectivity index (χ0v) is 15.9. The van der Waals surface area contributed by atoms with Crippen molar-refractivity contribution in [1.82, 2.24) is 19.7 Å². The molecular formula is C17H18ClN5O2S. The summed E-state index contributed by atoms with van der Waals surface area (Å²) >= 11 is 7.17. The topological polar surface area (TPSA) is 92.7 Å². The quantitative estimate of drug-likeness (QED) is 0.631. The van der Waals surface area contributed by atoms with Gasteiger partial charge in [-0.15, -0.1) is 22.9 Å². The number of halogens is 1. The third-order valence-electron chi connectivity index (χ3n) is 3.84. The van der Waals surface area contributed by atoms with E-state index in [0.717, 1.165) is 4.88 Å². The Hall–Kier alpha value is -2.45. The minimum atomic E-state index is -0.233. The van der Waals surface area contributed by atoms with Crippen LogP contribution in [0.4, 0.5) is 5.82 Å². The van der Waals surface area contributed by atoms with E-state index in [4.69, 9.17) is 11.6 Å². The van der Waals surface area contributed by atoms with E-state index in [-0.39, 0.29) is 29.7 Å². The van der Waals surface area contributed by atoms with Gasteiger partial charge in [-0.3, -0.25) is 14.6 Å². The third-order valence-corrected chi connectivity index (χ3v) is 4.92. The summed E-state index contributed by atoms with van der Waals surface area (Å²) in [5.41, 5.74) is 1.74. The number of aromatic amines is 1. The molecule has 136 valence electrons. The first-order chi connectivity index (χ1) is 12.5. The van der Waals surface area contributed by atoms with Gasteiger partial charge in [0.15, 0.2) is 0 Å². The lowest BCUT2D eigenvalue weighted by atomic mass is 10.2. The summed E-state index contributed by atoms with van der Waals surface area (Å²) in [5, 5.41) is 9.24. The maximum Gasteiger partial charge on any atom is 0.255 e. The number of alkyl halides is 1. The number of H-pyrrole nitrogens is 1. The van der Waals surface area contributed by atoms with Gasteiger partial charge in [-0.25, -0.2) is 4.98 Å². The summed E-state index contributed by atoms with van der Waals surface area (Å²) in [7, 11) is 0. The van der Waals surface area contributed by atoms with Crippen LogP contribution in [0.5, 0.6) is 0 Å². The van der Waals surface area contributed by atoms with Gasteiger partial charge in [0.05, 0.1) is 4.88 Å². The zero-order valence-electron chi connectivity index (χ0n) is 14.4. The van der Waals surface area contributed by atoms with Crippen molar-refractivity contribution in [3.05, 3.63) is 45.2 Å². The van der Waals surface area contributed by atoms with E-state index in [1.807, 2.05) is 24.4 Å². The van der Waals surface area contributed by atoms with Gasteiger partial charge in [0.1, 0.15) is 11.5 Å². The van der Waals surface area contributed by atoms with Gasteiger partial charge in [0, 0.05) is 29.6 Å². The molecule has 0 bridgehead atoms. The lowest BCUT2D eigenvalue weighted by Gasteiger charge is -2.09. The summed E-state index contributed by atoms with van der Waals surface area (Å²) in [6.07, 6.45) is 0.770. The first-order valence-electron chi connectivity index (χ1n) is 8.13. The Labute approximate surface area is 159 Å². The maximum atomic E-state index is 12.3. The van der Waals surface area contributed by atoms with Crippen LogP contribution in [0.2, 0.25) is 0 Å². The first kappa shape index (κ1) is 18.3. The summed E-state index contributed by atoms with van der Waals surface area (Å²) in [6.45, 7) is 3.69. The largest absolute Gasteiger partial charge is 0.310 e. The molecule has 0 unspecified atom stereocenters. The van der Waals surface area contributed by atoms with Crippen molar-refractivity contribution in [2.75, 3.05) is 11.2 Å². The number of amides is 1. The van der Waals surface area contributed by atoms with Crippen LogP contribution in [0.15, 0.2) is 28.4 Å². The molecule has 0 radical (unpaired) electrons. The summed E-state index contributed by atoms with van der Waals surface area (Å²) < 4.78 is 1.44. The van der Waals surface area contributed by atoms with Gasteiger partial charge in [-0.1, -0.05) is 13.0 Å². The number of nitrogens with one attached hydrogen (secondary N) is 2. The highest BCUT2D eigenvalue weighted by Gasteiger charge is 2.17. The van der Waals surface area contributed by atoms with Crippen molar-refractivity contribution >= 4 is 34.7 Å². The molecule has 3 aromatic heterocycles. The molecule has 0 aliphatic carbocycles. The average Bonchev–Trinajstić information content (AvgIpc) is 3.24. The zero-order chi connectivity index (χ0) is 18.7. The molecule has 0 aliphatic heterocycles. The van der Waals surface area contributed by atoms with Gasteiger partial charge in [-0.05, 0) is 24.8 Å². The molecule has 0 aromatic carbocycles. The molecule has 3 heterocycles. The Morgan fingerprint density at radius 1 is 1.46 bits per heavy atom. The minimum absolute atomic E-state index is 0.179. The maximum absolute atomic E-state index is 12.3. The van der Waals surface area contributed by atoms with E-state index in [1.54, 1.807) is 13.0 Å². The molecule has 7 nitrogen and oxygen atoms in total. The van der Waals surface area contributed by atoms with Crippen LogP contribution in [0.3, 0.4) is 0 Å². The smallest absolute Gasteiger partial charge is 0.255 e. The molecule has 26 heavy (non-hydrogen) atoms. The van der Waals surface area contributed by atoms with Gasteiger partial charge < -0.3 is 5.32 Å². The number of rotatable bonds is 6. The summed E-state index contributed by atoms with van der Waals surface area (Å²) in [6, 6.07) is 5.61. The number of nitrogens with zero attached hydrogens (tertiary/aromatic N) is 3. The van der Waals surface area contributed by atoms with Crippen molar-refractivity contribution in [3.63, 3.8) is 0 Å². The second-order valence-electron chi connectivity index (χ2n) is 5.60. The minimum Gasteiger partial charge on any atom is -0.310 e. The highest BCUT2D eigenvalue weighted by molar-refractivity contribution is 7.13. The molecule has 0 saturated carbocycles. The molecule has 0 saturated heterocycles. The van der Waals surface area contributed by atoms with Crippen molar-refractivity contribution in [2.24, 2.45) is 0 Å². The van der Waals surface area contributed by atoms with Crippen molar-refractivity contribution in [1.29, 1.82) is 0 Å². The van der Waals surface area contributed by atoms with E-state index < -0.39 is 0 Å². The normalized spacial score (nSPS) is 10.9. The van der Waals surface area contributed by atoms with Crippen molar-refractivity contribution in [3.8, 4) is 16.5 Å². The number of aryl methyl sites for hydroxylation is 1. The molecule has 0 atom stereocenters. The Morgan fingerprint density at radius 3 is 2.88 bits per heavy atom. The van der Waals surface area contributed by atoms with Crippen LogP contribution in [0, 0.1) is 6.92 Å². The fourth-order valence-corrected chi connectivity index (χ4v) is 3.43. The second kappa shape index (κ2) is 7.84. The number of thiophene rings is 1. The lowest BCUT2D eigenvalue weighted by Crippen LogP contribution is -2.21. The summed E-state index contributed by atoms with van der Waals surface area (Å²) in [4.78, 5) is 32.4. The molecular weight excluding hydrogens is 374 g/mol. The second-order valence-corrected chi connectivity index (χ2v) is 6.92. The third kappa shape index (κ3) is 3.71. The van der Waals surface area contributed by atoms with E-state index >= 15 is 0 Å². The number of carbonyl (C=O) groups excluding carboxylic acids is 1. The molecule has 0 aliphatic rings. The molecule has 2 N–H and O–H groups in total. The number of anilines is 1. The van der Waals surface area contributed by atoms with Gasteiger partial charge in [-0.2, -0.15) is 9.78 Å². The van der Waals surface area contributed by atoms with E-state index in [0.29, 0.717) is 29.2 Å². The predicted octanol–water partition coefficient (Wildman–Crippen LogP) is 3.12. The summed E-state index contributed by atoms with van der Waals surface area (Å²) in [5.74, 6) is 0.670.